The van der Waals surface area contributed by atoms with Crippen LogP contribution in [0, 0.1) is 12.8 Å². The first-order chi connectivity index (χ1) is 12.9. The summed E-state index contributed by atoms with van der Waals surface area (Å²) in [7, 11) is 1.71. The van der Waals surface area contributed by atoms with Crippen LogP contribution in [-0.4, -0.2) is 61.9 Å². The van der Waals surface area contributed by atoms with Crippen molar-refractivity contribution in [2.24, 2.45) is 10.9 Å². The second-order valence-electron chi connectivity index (χ2n) is 7.19. The van der Waals surface area contributed by atoms with E-state index in [2.05, 4.69) is 20.9 Å². The highest BCUT2D eigenvalue weighted by Crippen LogP contribution is 2.12. The predicted molar refractivity (Wildman–Crippen MR) is 108 cm³/mol. The largest absolute Gasteiger partial charge is 0.355 e. The van der Waals surface area contributed by atoms with Gasteiger partial charge >= 0.3 is 0 Å². The Balaban J connectivity index is 1.70. The summed E-state index contributed by atoms with van der Waals surface area (Å²) in [5, 5.41) is 9.45. The average Bonchev–Trinajstić information content (AvgIpc) is 3.11. The number of rotatable bonds is 6. The van der Waals surface area contributed by atoms with Crippen LogP contribution < -0.4 is 16.0 Å². The molecule has 0 spiro atoms. The summed E-state index contributed by atoms with van der Waals surface area (Å²) in [6.45, 7) is 8.35. The van der Waals surface area contributed by atoms with Gasteiger partial charge in [0.05, 0.1) is 0 Å². The summed E-state index contributed by atoms with van der Waals surface area (Å²) in [5.74, 6) is 0.824. The third kappa shape index (κ3) is 6.27. The van der Waals surface area contributed by atoms with E-state index in [1.807, 2.05) is 43.9 Å². The number of carbonyl (C=O) groups excluding carboxylic acids is 2. The Kier molecular flexibility index (Phi) is 7.64. The van der Waals surface area contributed by atoms with Crippen LogP contribution in [0.15, 0.2) is 29.3 Å². The standard InChI is InChI=1S/C20H31N5O2/c1-14(2)19(27)25-11-8-17(13-25)24-20(21-4)23-10-9-22-18(26)16-7-5-6-15(3)12-16/h5-7,12,14,17H,8-11,13H2,1-4H3,(H,22,26)(H2,21,23,24). The van der Waals surface area contributed by atoms with Crippen LogP contribution in [0.2, 0.25) is 0 Å². The zero-order valence-corrected chi connectivity index (χ0v) is 16.7. The van der Waals surface area contributed by atoms with Gasteiger partial charge in [0.1, 0.15) is 0 Å². The lowest BCUT2D eigenvalue weighted by Gasteiger charge is -2.20. The molecule has 0 saturated carbocycles. The predicted octanol–water partition coefficient (Wildman–Crippen LogP) is 1.15. The summed E-state index contributed by atoms with van der Waals surface area (Å²) in [4.78, 5) is 30.3. The Labute approximate surface area is 161 Å². The Hall–Kier alpha value is -2.57. The second-order valence-corrected chi connectivity index (χ2v) is 7.19. The van der Waals surface area contributed by atoms with Gasteiger partial charge in [0.25, 0.3) is 5.91 Å². The molecule has 148 valence electrons. The number of likely N-dealkylation sites (tertiary alicyclic amines) is 1. The van der Waals surface area contributed by atoms with Gasteiger partial charge in [-0.1, -0.05) is 31.5 Å². The van der Waals surface area contributed by atoms with Crippen LogP contribution in [0.4, 0.5) is 0 Å². The van der Waals surface area contributed by atoms with E-state index in [1.165, 1.54) is 0 Å². The van der Waals surface area contributed by atoms with Gasteiger partial charge in [-0.05, 0) is 25.5 Å². The minimum atomic E-state index is -0.0814. The summed E-state index contributed by atoms with van der Waals surface area (Å²) in [6.07, 6.45) is 0.906. The van der Waals surface area contributed by atoms with Crippen LogP contribution in [0.5, 0.6) is 0 Å². The molecular formula is C20H31N5O2. The van der Waals surface area contributed by atoms with Crippen molar-refractivity contribution in [1.82, 2.24) is 20.9 Å². The summed E-state index contributed by atoms with van der Waals surface area (Å²) >= 11 is 0. The molecular weight excluding hydrogens is 342 g/mol. The number of aryl methyl sites for hydroxylation is 1. The molecule has 1 unspecified atom stereocenters. The number of benzene rings is 1. The van der Waals surface area contributed by atoms with E-state index in [0.717, 1.165) is 18.5 Å². The summed E-state index contributed by atoms with van der Waals surface area (Å²) < 4.78 is 0. The SMILES string of the molecule is CN=C(NCCNC(=O)c1cccc(C)c1)NC1CCN(C(=O)C(C)C)C1. The summed E-state index contributed by atoms with van der Waals surface area (Å²) in [6, 6.07) is 7.71. The third-order valence-corrected chi connectivity index (χ3v) is 4.54. The Morgan fingerprint density at radius 1 is 1.26 bits per heavy atom. The van der Waals surface area contributed by atoms with Crippen molar-refractivity contribution >= 4 is 17.8 Å². The van der Waals surface area contributed by atoms with Gasteiger partial charge in [-0.15, -0.1) is 0 Å². The topological polar surface area (TPSA) is 85.8 Å². The number of guanidine groups is 1. The quantitative estimate of drug-likeness (QED) is 0.397. The van der Waals surface area contributed by atoms with Crippen molar-refractivity contribution < 1.29 is 9.59 Å². The molecule has 7 heteroatoms. The zero-order chi connectivity index (χ0) is 19.8. The molecule has 2 rings (SSSR count). The van der Waals surface area contributed by atoms with Crippen molar-refractivity contribution in [2.45, 2.75) is 33.2 Å². The molecule has 3 N–H and O–H groups in total. The molecule has 0 aliphatic carbocycles. The number of hydrogen-bond donors (Lipinski definition) is 3. The van der Waals surface area contributed by atoms with E-state index >= 15 is 0 Å². The molecule has 1 heterocycles. The van der Waals surface area contributed by atoms with Crippen molar-refractivity contribution in [3.8, 4) is 0 Å². The molecule has 0 radical (unpaired) electrons. The molecule has 1 aromatic carbocycles. The fraction of sp³-hybridized carbons (Fsp3) is 0.550. The van der Waals surface area contributed by atoms with Crippen LogP contribution in [-0.2, 0) is 4.79 Å². The van der Waals surface area contributed by atoms with Crippen molar-refractivity contribution in [3.63, 3.8) is 0 Å². The smallest absolute Gasteiger partial charge is 0.251 e. The maximum atomic E-state index is 12.1. The van der Waals surface area contributed by atoms with E-state index in [4.69, 9.17) is 0 Å². The first kappa shape index (κ1) is 20.7. The van der Waals surface area contributed by atoms with E-state index < -0.39 is 0 Å². The van der Waals surface area contributed by atoms with Crippen LogP contribution in [0.1, 0.15) is 36.2 Å². The van der Waals surface area contributed by atoms with E-state index in [1.54, 1.807) is 13.1 Å². The molecule has 1 aliphatic rings. The van der Waals surface area contributed by atoms with Gasteiger partial charge in [-0.2, -0.15) is 0 Å². The van der Waals surface area contributed by atoms with Gasteiger partial charge in [-0.25, -0.2) is 0 Å². The summed E-state index contributed by atoms with van der Waals surface area (Å²) in [5.41, 5.74) is 1.73. The maximum absolute atomic E-state index is 12.1. The Morgan fingerprint density at radius 2 is 2.00 bits per heavy atom. The van der Waals surface area contributed by atoms with Crippen molar-refractivity contribution in [1.29, 1.82) is 0 Å². The number of nitrogens with zero attached hydrogens (tertiary/aromatic N) is 2. The van der Waals surface area contributed by atoms with Crippen molar-refractivity contribution in [2.75, 3.05) is 33.2 Å². The molecule has 1 aromatic rings. The molecule has 7 nitrogen and oxygen atoms in total. The molecule has 1 atom stereocenters. The number of hydrogen-bond acceptors (Lipinski definition) is 3. The zero-order valence-electron chi connectivity index (χ0n) is 16.7. The highest BCUT2D eigenvalue weighted by molar-refractivity contribution is 5.94. The molecule has 1 saturated heterocycles. The van der Waals surface area contributed by atoms with Crippen LogP contribution in [0.3, 0.4) is 0 Å². The fourth-order valence-electron chi connectivity index (χ4n) is 3.08. The average molecular weight is 374 g/mol. The number of aliphatic imine (C=N–C) groups is 1. The third-order valence-electron chi connectivity index (χ3n) is 4.54. The van der Waals surface area contributed by atoms with Crippen LogP contribution in [0.25, 0.3) is 0 Å². The monoisotopic (exact) mass is 373 g/mol. The molecule has 0 bridgehead atoms. The first-order valence-electron chi connectivity index (χ1n) is 9.51. The molecule has 1 aliphatic heterocycles. The molecule has 1 fully saturated rings. The Bertz CT molecular complexity index is 687. The number of amides is 2. The minimum Gasteiger partial charge on any atom is -0.355 e. The number of nitrogens with one attached hydrogen (secondary N) is 3. The van der Waals surface area contributed by atoms with Gasteiger partial charge < -0.3 is 20.9 Å². The lowest BCUT2D eigenvalue weighted by molar-refractivity contribution is -0.133. The van der Waals surface area contributed by atoms with Gasteiger partial charge in [0, 0.05) is 50.7 Å². The number of carbonyl (C=O) groups is 2. The highest BCUT2D eigenvalue weighted by Gasteiger charge is 2.27. The van der Waals surface area contributed by atoms with Gasteiger partial charge in [-0.3, -0.25) is 14.6 Å². The fourth-order valence-corrected chi connectivity index (χ4v) is 3.08. The van der Waals surface area contributed by atoms with E-state index in [0.29, 0.717) is 31.2 Å². The Morgan fingerprint density at radius 3 is 2.67 bits per heavy atom. The van der Waals surface area contributed by atoms with Crippen molar-refractivity contribution in [3.05, 3.63) is 35.4 Å². The molecule has 2 amide bonds. The second kappa shape index (κ2) is 9.94. The lowest BCUT2D eigenvalue weighted by atomic mass is 10.1. The van der Waals surface area contributed by atoms with E-state index in [-0.39, 0.29) is 23.8 Å². The molecule has 0 aromatic heterocycles. The van der Waals surface area contributed by atoms with Gasteiger partial charge in [0.15, 0.2) is 5.96 Å². The van der Waals surface area contributed by atoms with E-state index in [9.17, 15) is 9.59 Å². The maximum Gasteiger partial charge on any atom is 0.251 e. The van der Waals surface area contributed by atoms with Gasteiger partial charge in [0.2, 0.25) is 5.91 Å². The highest BCUT2D eigenvalue weighted by atomic mass is 16.2. The van der Waals surface area contributed by atoms with Crippen LogP contribution >= 0.6 is 0 Å². The normalized spacial score (nSPS) is 17.1. The molecule has 27 heavy (non-hydrogen) atoms. The first-order valence-corrected chi connectivity index (χ1v) is 9.51. The lowest BCUT2D eigenvalue weighted by Crippen LogP contribution is -2.47. The minimum absolute atomic E-state index is 0.0261.